The van der Waals surface area contributed by atoms with Gasteiger partial charge in [-0.2, -0.15) is 10.2 Å². The molecule has 4 aliphatic rings. The van der Waals surface area contributed by atoms with Gasteiger partial charge in [0.15, 0.2) is 11.3 Å². The summed E-state index contributed by atoms with van der Waals surface area (Å²) >= 11 is 0. The number of benzene rings is 2. The minimum Gasteiger partial charge on any atom is -0.484 e. The Morgan fingerprint density at radius 1 is 0.677 bits per heavy atom. The van der Waals surface area contributed by atoms with Gasteiger partial charge in [0, 0.05) is 86.1 Å². The third kappa shape index (κ3) is 7.63. The van der Waals surface area contributed by atoms with Crippen LogP contribution in [0.25, 0.3) is 11.3 Å². The second-order valence-electron chi connectivity index (χ2n) is 16.5. The second kappa shape index (κ2) is 16.5. The number of aromatic nitrogens is 6. The minimum atomic E-state index is -0.662. The summed E-state index contributed by atoms with van der Waals surface area (Å²) in [5, 5.41) is 34.2. The van der Waals surface area contributed by atoms with E-state index in [4.69, 9.17) is 18.9 Å². The van der Waals surface area contributed by atoms with Crippen LogP contribution in [0, 0.1) is 13.8 Å². The number of ether oxygens (including phenoxy) is 4. The molecule has 10 rings (SSSR count). The molecular weight excluding hydrogens is 797 g/mol. The third-order valence-electron chi connectivity index (χ3n) is 11.8. The zero-order valence-corrected chi connectivity index (χ0v) is 35.2. The number of morpholine rings is 2. The first-order valence-corrected chi connectivity index (χ1v) is 20.8. The summed E-state index contributed by atoms with van der Waals surface area (Å²) in [5.41, 5.74) is 7.59. The smallest absolute Gasteiger partial charge is 0.261 e. The standard InChI is InChI=1S/2C22H25N5O4/c2*1-14-18(26-6-8-30-9-7-26)17(10-15-11-22(2,13-28)31-19(14)15)25-21(29)16-12-24-27-5-3-4-23-20(16)27/h2*3-5,10,12,28H,6-9,11,13H2,1-2H3,(H,25,29)/t2*22-/m10/s1. The van der Waals surface area contributed by atoms with Crippen molar-refractivity contribution in [2.75, 3.05) is 86.3 Å². The summed E-state index contributed by atoms with van der Waals surface area (Å²) in [6.45, 7) is 13.0. The lowest BCUT2D eigenvalue weighted by Crippen LogP contribution is -2.37. The van der Waals surface area contributed by atoms with Crippen molar-refractivity contribution in [3.63, 3.8) is 0 Å². The van der Waals surface area contributed by atoms with Gasteiger partial charge in [-0.15, -0.1) is 0 Å². The number of anilines is 4. The molecule has 0 saturated carbocycles. The number of hydrogen-bond acceptors (Lipinski definition) is 14. The predicted molar refractivity (Wildman–Crippen MR) is 230 cm³/mol. The number of carbonyl (C=O) groups is 2. The molecule has 2 atom stereocenters. The molecule has 4 aromatic heterocycles. The summed E-state index contributed by atoms with van der Waals surface area (Å²) in [7, 11) is 0. The molecule has 18 heteroatoms. The summed E-state index contributed by atoms with van der Waals surface area (Å²) < 4.78 is 26.5. The Kier molecular flexibility index (Phi) is 10.9. The van der Waals surface area contributed by atoms with Crippen molar-refractivity contribution in [2.45, 2.75) is 51.7 Å². The van der Waals surface area contributed by atoms with Crippen LogP contribution in [-0.4, -0.2) is 128 Å². The lowest BCUT2D eigenvalue weighted by Gasteiger charge is -2.32. The Labute approximate surface area is 357 Å². The fraction of sp³-hybridized carbons (Fsp3) is 0.409. The lowest BCUT2D eigenvalue weighted by molar-refractivity contribution is 0.0441. The summed E-state index contributed by atoms with van der Waals surface area (Å²) in [6, 6.07) is 7.45. The van der Waals surface area contributed by atoms with Gasteiger partial charge in [-0.3, -0.25) is 9.59 Å². The van der Waals surface area contributed by atoms with E-state index in [2.05, 4.69) is 40.6 Å². The number of amides is 2. The Morgan fingerprint density at radius 3 is 1.47 bits per heavy atom. The fourth-order valence-electron chi connectivity index (χ4n) is 8.74. The lowest BCUT2D eigenvalue weighted by atomic mass is 9.97. The van der Waals surface area contributed by atoms with Gasteiger partial charge in [0.1, 0.15) is 33.8 Å². The highest BCUT2D eigenvalue weighted by Gasteiger charge is 2.39. The third-order valence-corrected chi connectivity index (χ3v) is 11.8. The molecule has 2 amide bonds. The number of aliphatic hydroxyl groups is 2. The van der Waals surface area contributed by atoms with Crippen LogP contribution >= 0.6 is 0 Å². The number of carbonyl (C=O) groups excluding carboxylic acids is 2. The summed E-state index contributed by atoms with van der Waals surface area (Å²) in [5.74, 6) is 1.03. The highest BCUT2D eigenvalue weighted by atomic mass is 16.5. The van der Waals surface area contributed by atoms with Crippen LogP contribution in [0.3, 0.4) is 0 Å². The Hall–Kier alpha value is -6.34. The van der Waals surface area contributed by atoms with Gasteiger partial charge in [0.25, 0.3) is 11.8 Å². The molecule has 0 unspecified atom stereocenters. The molecule has 2 aromatic carbocycles. The minimum absolute atomic E-state index is 0.0796. The number of aliphatic hydroxyl groups excluding tert-OH is 2. The Morgan fingerprint density at radius 2 is 1.08 bits per heavy atom. The van der Waals surface area contributed by atoms with E-state index in [1.165, 1.54) is 12.4 Å². The average molecular weight is 847 g/mol. The van der Waals surface area contributed by atoms with Crippen molar-refractivity contribution >= 4 is 45.9 Å². The van der Waals surface area contributed by atoms with Crippen molar-refractivity contribution in [3.05, 3.63) is 94.8 Å². The molecule has 0 spiro atoms. The topological polar surface area (TPSA) is 202 Å². The monoisotopic (exact) mass is 846 g/mol. The van der Waals surface area contributed by atoms with Gasteiger partial charge >= 0.3 is 0 Å². The van der Waals surface area contributed by atoms with Crippen molar-refractivity contribution in [2.24, 2.45) is 0 Å². The molecule has 324 valence electrons. The first kappa shape index (κ1) is 41.0. The molecule has 18 nitrogen and oxygen atoms in total. The van der Waals surface area contributed by atoms with Crippen molar-refractivity contribution in [1.82, 2.24) is 29.2 Å². The Balaban J connectivity index is 0.000000158. The van der Waals surface area contributed by atoms with Gasteiger partial charge in [0.05, 0.1) is 74.8 Å². The second-order valence-corrected chi connectivity index (χ2v) is 16.5. The van der Waals surface area contributed by atoms with Crippen molar-refractivity contribution in [3.8, 4) is 11.5 Å². The quantitative estimate of drug-likeness (QED) is 0.173. The van der Waals surface area contributed by atoms with E-state index in [0.717, 1.165) is 71.3 Å². The molecular formula is C44H50N10O8. The van der Waals surface area contributed by atoms with Gasteiger partial charge in [-0.25, -0.2) is 19.0 Å². The van der Waals surface area contributed by atoms with Crippen LogP contribution in [0.5, 0.6) is 11.5 Å². The van der Waals surface area contributed by atoms with Gasteiger partial charge in [-0.05, 0) is 52.0 Å². The van der Waals surface area contributed by atoms with Crippen LogP contribution in [0.4, 0.5) is 22.7 Å². The zero-order chi connectivity index (χ0) is 43.2. The van der Waals surface area contributed by atoms with Crippen molar-refractivity contribution < 1.29 is 38.7 Å². The summed E-state index contributed by atoms with van der Waals surface area (Å²) in [6.07, 6.45) is 11.0. The molecule has 4 N–H and O–H groups in total. The zero-order valence-electron chi connectivity index (χ0n) is 35.2. The number of rotatable bonds is 8. The van der Waals surface area contributed by atoms with Crippen LogP contribution in [0.1, 0.15) is 56.8 Å². The molecule has 0 aliphatic carbocycles. The first-order chi connectivity index (χ1) is 30.0. The SMILES string of the molecule is Cc1c2c(cc(NC(=O)c3cnn4cccnc34)c1N1CCOCC1)C[C@@](C)(CO)O2.Cc1c2c(cc(NC(=O)c3cnn4cccnc34)c1N1CCOCC1)C[C@](C)(CO)O2. The maximum Gasteiger partial charge on any atom is 0.261 e. The molecule has 4 aliphatic heterocycles. The molecule has 62 heavy (non-hydrogen) atoms. The van der Waals surface area contributed by atoms with Crippen LogP contribution in [0.15, 0.2) is 61.4 Å². The predicted octanol–water partition coefficient (Wildman–Crippen LogP) is 3.63. The van der Waals surface area contributed by atoms with Gasteiger partial charge in [0.2, 0.25) is 0 Å². The van der Waals surface area contributed by atoms with E-state index >= 15 is 0 Å². The maximum absolute atomic E-state index is 13.2. The highest BCUT2D eigenvalue weighted by Crippen LogP contribution is 2.47. The number of hydrogen-bond donors (Lipinski definition) is 4. The molecule has 6 aromatic rings. The maximum atomic E-state index is 13.2. The van der Waals surface area contributed by atoms with Gasteiger partial charge < -0.3 is 49.6 Å². The summed E-state index contributed by atoms with van der Waals surface area (Å²) in [4.78, 5) is 39.4. The van der Waals surface area contributed by atoms with E-state index in [1.807, 2.05) is 39.8 Å². The largest absolute Gasteiger partial charge is 0.484 e. The van der Waals surface area contributed by atoms with Crippen LogP contribution in [-0.2, 0) is 22.3 Å². The van der Waals surface area contributed by atoms with E-state index < -0.39 is 11.2 Å². The van der Waals surface area contributed by atoms with Crippen LogP contribution in [0.2, 0.25) is 0 Å². The normalized spacial score (nSPS) is 20.5. The molecule has 2 saturated heterocycles. The molecule has 2 fully saturated rings. The van der Waals surface area contributed by atoms with E-state index in [0.29, 0.717) is 73.1 Å². The Bertz CT molecular complexity index is 2490. The molecule has 0 radical (unpaired) electrons. The van der Waals surface area contributed by atoms with E-state index in [1.54, 1.807) is 46.0 Å². The fourth-order valence-corrected chi connectivity index (χ4v) is 8.74. The van der Waals surface area contributed by atoms with Crippen molar-refractivity contribution in [1.29, 1.82) is 0 Å². The average Bonchev–Trinajstić information content (AvgIpc) is 4.08. The van der Waals surface area contributed by atoms with Crippen LogP contribution < -0.4 is 29.9 Å². The van der Waals surface area contributed by atoms with E-state index in [-0.39, 0.29) is 25.0 Å². The number of nitrogens with one attached hydrogen (secondary N) is 2. The molecule has 8 heterocycles. The first-order valence-electron chi connectivity index (χ1n) is 20.8. The van der Waals surface area contributed by atoms with E-state index in [9.17, 15) is 19.8 Å². The number of fused-ring (bicyclic) bond motifs is 4. The van der Waals surface area contributed by atoms with Gasteiger partial charge in [-0.1, -0.05) is 0 Å². The number of nitrogens with zero attached hydrogens (tertiary/aromatic N) is 8. The molecule has 0 bridgehead atoms. The highest BCUT2D eigenvalue weighted by molar-refractivity contribution is 6.10.